The Hall–Kier alpha value is -1.72. The van der Waals surface area contributed by atoms with Crippen molar-refractivity contribution in [1.82, 2.24) is 15.0 Å². The Balaban J connectivity index is 1.53. The highest BCUT2D eigenvalue weighted by Crippen LogP contribution is 2.27. The van der Waals surface area contributed by atoms with Crippen LogP contribution in [-0.2, 0) is 23.0 Å². The van der Waals surface area contributed by atoms with Crippen molar-refractivity contribution in [3.63, 3.8) is 0 Å². The third-order valence-electron chi connectivity index (χ3n) is 5.63. The number of ether oxygens (including phenoxy) is 1. The summed E-state index contributed by atoms with van der Waals surface area (Å²) in [4.78, 5) is 7.10. The minimum atomic E-state index is 0.161. The van der Waals surface area contributed by atoms with E-state index in [1.807, 2.05) is 0 Å². The third kappa shape index (κ3) is 5.65. The van der Waals surface area contributed by atoms with E-state index in [-0.39, 0.29) is 5.41 Å². The zero-order valence-electron chi connectivity index (χ0n) is 18.2. The molecule has 0 saturated carbocycles. The van der Waals surface area contributed by atoms with Crippen molar-refractivity contribution in [2.75, 3.05) is 32.8 Å². The van der Waals surface area contributed by atoms with Gasteiger partial charge in [-0.3, -0.25) is 4.90 Å². The van der Waals surface area contributed by atoms with E-state index >= 15 is 0 Å². The van der Waals surface area contributed by atoms with Crippen LogP contribution >= 0.6 is 0 Å². The molecule has 0 amide bonds. The summed E-state index contributed by atoms with van der Waals surface area (Å²) >= 11 is 0. The standard InChI is InChI=1S/C23H35N3O2/c1-17-14-19(23(3,4)5)15-18(2)20(17)16-21-24-22(28-25-21)8-6-7-9-26-10-12-27-13-11-26/h14-15H,6-13,16H2,1-5H3. The van der Waals surface area contributed by atoms with Gasteiger partial charge in [0.15, 0.2) is 5.82 Å². The zero-order valence-corrected chi connectivity index (χ0v) is 18.2. The molecule has 1 aliphatic rings. The summed E-state index contributed by atoms with van der Waals surface area (Å²) in [6, 6.07) is 4.60. The average molecular weight is 386 g/mol. The molecule has 1 fully saturated rings. The summed E-state index contributed by atoms with van der Waals surface area (Å²) in [5.41, 5.74) is 5.46. The summed E-state index contributed by atoms with van der Waals surface area (Å²) in [6.07, 6.45) is 3.83. The second kappa shape index (κ2) is 9.19. The Labute approximate surface area is 169 Å². The van der Waals surface area contributed by atoms with Crippen LogP contribution in [0, 0.1) is 13.8 Å². The summed E-state index contributed by atoms with van der Waals surface area (Å²) in [5, 5.41) is 4.22. The van der Waals surface area contributed by atoms with E-state index < -0.39 is 0 Å². The molecule has 0 N–H and O–H groups in total. The molecule has 0 atom stereocenters. The molecule has 5 nitrogen and oxygen atoms in total. The maximum absolute atomic E-state index is 5.49. The molecule has 1 aromatic heterocycles. The molecule has 5 heteroatoms. The molecule has 0 aliphatic carbocycles. The Morgan fingerprint density at radius 1 is 1.04 bits per heavy atom. The van der Waals surface area contributed by atoms with Crippen molar-refractivity contribution < 1.29 is 9.26 Å². The maximum Gasteiger partial charge on any atom is 0.226 e. The van der Waals surface area contributed by atoms with E-state index in [1.54, 1.807) is 0 Å². The van der Waals surface area contributed by atoms with Crippen LogP contribution in [0.1, 0.15) is 67.6 Å². The molecule has 3 rings (SSSR count). The van der Waals surface area contributed by atoms with E-state index in [4.69, 9.17) is 9.26 Å². The van der Waals surface area contributed by atoms with Crippen molar-refractivity contribution in [1.29, 1.82) is 0 Å². The first-order valence-corrected chi connectivity index (χ1v) is 10.5. The lowest BCUT2D eigenvalue weighted by atomic mass is 9.83. The van der Waals surface area contributed by atoms with Crippen molar-refractivity contribution in [3.8, 4) is 0 Å². The Kier molecular flexibility index (Phi) is 6.89. The first kappa shape index (κ1) is 21.0. The third-order valence-corrected chi connectivity index (χ3v) is 5.63. The van der Waals surface area contributed by atoms with E-state index in [0.29, 0.717) is 0 Å². The highest BCUT2D eigenvalue weighted by molar-refractivity contribution is 5.41. The van der Waals surface area contributed by atoms with E-state index in [2.05, 4.69) is 61.8 Å². The minimum absolute atomic E-state index is 0.161. The second-order valence-electron chi connectivity index (χ2n) is 9.03. The van der Waals surface area contributed by atoms with Gasteiger partial charge < -0.3 is 9.26 Å². The number of aromatic nitrogens is 2. The number of rotatable bonds is 7. The number of aryl methyl sites for hydroxylation is 3. The molecule has 1 aliphatic heterocycles. The summed E-state index contributed by atoms with van der Waals surface area (Å²) in [7, 11) is 0. The van der Waals surface area contributed by atoms with Crippen LogP contribution < -0.4 is 0 Å². The molecule has 1 aromatic carbocycles. The van der Waals surface area contributed by atoms with Gasteiger partial charge in [0.25, 0.3) is 0 Å². The fourth-order valence-corrected chi connectivity index (χ4v) is 3.76. The summed E-state index contributed by atoms with van der Waals surface area (Å²) in [6.45, 7) is 16.1. The van der Waals surface area contributed by atoms with Crippen LogP contribution in [-0.4, -0.2) is 47.9 Å². The predicted molar refractivity (Wildman–Crippen MR) is 112 cm³/mol. The Morgan fingerprint density at radius 3 is 2.36 bits per heavy atom. The number of morpholine rings is 1. The second-order valence-corrected chi connectivity index (χ2v) is 9.03. The van der Waals surface area contributed by atoms with Gasteiger partial charge in [-0.1, -0.05) is 38.1 Å². The molecule has 0 radical (unpaired) electrons. The van der Waals surface area contributed by atoms with Crippen molar-refractivity contribution in [2.45, 2.75) is 65.7 Å². The smallest absolute Gasteiger partial charge is 0.226 e. The first-order chi connectivity index (χ1) is 13.3. The highest BCUT2D eigenvalue weighted by atomic mass is 16.5. The topological polar surface area (TPSA) is 51.4 Å². The monoisotopic (exact) mass is 385 g/mol. The lowest BCUT2D eigenvalue weighted by Crippen LogP contribution is -2.36. The van der Waals surface area contributed by atoms with Gasteiger partial charge in [0.05, 0.1) is 13.2 Å². The van der Waals surface area contributed by atoms with Crippen molar-refractivity contribution in [3.05, 3.63) is 46.1 Å². The number of benzene rings is 1. The van der Waals surface area contributed by atoms with Crippen LogP contribution in [0.25, 0.3) is 0 Å². The van der Waals surface area contributed by atoms with Crippen LogP contribution in [0.3, 0.4) is 0 Å². The zero-order chi connectivity index (χ0) is 20.1. The molecule has 0 unspecified atom stereocenters. The van der Waals surface area contributed by atoms with Gasteiger partial charge in [-0.05, 0) is 60.9 Å². The molecule has 2 heterocycles. The van der Waals surface area contributed by atoms with Gasteiger partial charge >= 0.3 is 0 Å². The largest absolute Gasteiger partial charge is 0.379 e. The van der Waals surface area contributed by atoms with Crippen molar-refractivity contribution >= 4 is 0 Å². The molecular formula is C23H35N3O2. The summed E-state index contributed by atoms with van der Waals surface area (Å²) < 4.78 is 10.9. The van der Waals surface area contributed by atoms with Crippen molar-refractivity contribution in [2.24, 2.45) is 0 Å². The molecule has 154 valence electrons. The number of nitrogens with zero attached hydrogens (tertiary/aromatic N) is 3. The van der Waals surface area contributed by atoms with Gasteiger partial charge in [0.2, 0.25) is 5.89 Å². The van der Waals surface area contributed by atoms with Crippen LogP contribution in [0.15, 0.2) is 16.7 Å². The lowest BCUT2D eigenvalue weighted by Gasteiger charge is -2.26. The summed E-state index contributed by atoms with van der Waals surface area (Å²) in [5.74, 6) is 1.55. The van der Waals surface area contributed by atoms with Gasteiger partial charge in [-0.2, -0.15) is 4.98 Å². The normalized spacial score (nSPS) is 15.9. The molecule has 0 bridgehead atoms. The number of hydrogen-bond acceptors (Lipinski definition) is 5. The van der Waals surface area contributed by atoms with Gasteiger partial charge in [-0.15, -0.1) is 0 Å². The van der Waals surface area contributed by atoms with E-state index in [1.165, 1.54) is 22.3 Å². The molecule has 28 heavy (non-hydrogen) atoms. The number of hydrogen-bond donors (Lipinski definition) is 0. The van der Waals surface area contributed by atoms with E-state index in [9.17, 15) is 0 Å². The molecular weight excluding hydrogens is 350 g/mol. The van der Waals surface area contributed by atoms with Crippen LogP contribution in [0.4, 0.5) is 0 Å². The molecule has 2 aromatic rings. The minimum Gasteiger partial charge on any atom is -0.379 e. The maximum atomic E-state index is 5.49. The number of unbranched alkanes of at least 4 members (excludes halogenated alkanes) is 1. The Morgan fingerprint density at radius 2 is 1.71 bits per heavy atom. The fraction of sp³-hybridized carbons (Fsp3) is 0.652. The first-order valence-electron chi connectivity index (χ1n) is 10.5. The van der Waals surface area contributed by atoms with Gasteiger partial charge in [-0.25, -0.2) is 0 Å². The van der Waals surface area contributed by atoms with Gasteiger partial charge in [0, 0.05) is 25.9 Å². The van der Waals surface area contributed by atoms with Gasteiger partial charge in [0.1, 0.15) is 0 Å². The SMILES string of the molecule is Cc1cc(C(C)(C)C)cc(C)c1Cc1noc(CCCCN2CCOCC2)n1. The molecule has 1 saturated heterocycles. The predicted octanol–water partition coefficient (Wildman–Crippen LogP) is 4.23. The van der Waals surface area contributed by atoms with E-state index in [0.717, 1.165) is 70.2 Å². The van der Waals surface area contributed by atoms with Crippen LogP contribution in [0.5, 0.6) is 0 Å². The average Bonchev–Trinajstić information content (AvgIpc) is 3.09. The lowest BCUT2D eigenvalue weighted by molar-refractivity contribution is 0.0371. The van der Waals surface area contributed by atoms with Crippen LogP contribution in [0.2, 0.25) is 0 Å². The fourth-order valence-electron chi connectivity index (χ4n) is 3.76. The highest BCUT2D eigenvalue weighted by Gasteiger charge is 2.17. The Bertz CT molecular complexity index is 747. The molecule has 0 spiro atoms. The quantitative estimate of drug-likeness (QED) is 0.668.